The number of anilines is 3. The SMILES string of the molecule is Cc1ccc(N2CCN(c3ccc(N)cc3)C2=O)cc1. The van der Waals surface area contributed by atoms with Crippen LogP contribution in [-0.4, -0.2) is 19.1 Å². The first-order chi connectivity index (χ1) is 9.65. The van der Waals surface area contributed by atoms with E-state index in [9.17, 15) is 4.79 Å². The van der Waals surface area contributed by atoms with Crippen molar-refractivity contribution in [2.45, 2.75) is 6.92 Å². The average molecular weight is 267 g/mol. The fourth-order valence-corrected chi connectivity index (χ4v) is 2.40. The van der Waals surface area contributed by atoms with Gasteiger partial charge < -0.3 is 5.73 Å². The van der Waals surface area contributed by atoms with Gasteiger partial charge in [0.2, 0.25) is 0 Å². The van der Waals surface area contributed by atoms with Crippen molar-refractivity contribution in [1.82, 2.24) is 0 Å². The molecule has 0 saturated carbocycles. The summed E-state index contributed by atoms with van der Waals surface area (Å²) in [5, 5.41) is 0. The predicted octanol–water partition coefficient (Wildman–Crippen LogP) is 3.02. The van der Waals surface area contributed by atoms with Gasteiger partial charge in [-0.3, -0.25) is 9.80 Å². The van der Waals surface area contributed by atoms with Crippen LogP contribution in [0.4, 0.5) is 21.9 Å². The number of urea groups is 1. The zero-order valence-corrected chi connectivity index (χ0v) is 11.4. The molecular formula is C16H17N3O. The molecule has 20 heavy (non-hydrogen) atoms. The summed E-state index contributed by atoms with van der Waals surface area (Å²) < 4.78 is 0. The highest BCUT2D eigenvalue weighted by atomic mass is 16.2. The van der Waals surface area contributed by atoms with Crippen LogP contribution in [0.3, 0.4) is 0 Å². The van der Waals surface area contributed by atoms with Gasteiger partial charge in [-0.25, -0.2) is 4.79 Å². The second-order valence-electron chi connectivity index (χ2n) is 5.01. The van der Waals surface area contributed by atoms with Crippen molar-refractivity contribution in [2.24, 2.45) is 0 Å². The Morgan fingerprint density at radius 2 is 1.30 bits per heavy atom. The topological polar surface area (TPSA) is 49.6 Å². The van der Waals surface area contributed by atoms with E-state index in [-0.39, 0.29) is 6.03 Å². The molecule has 0 aromatic heterocycles. The van der Waals surface area contributed by atoms with E-state index >= 15 is 0 Å². The van der Waals surface area contributed by atoms with Gasteiger partial charge in [0.05, 0.1) is 0 Å². The first-order valence-corrected chi connectivity index (χ1v) is 6.66. The molecular weight excluding hydrogens is 250 g/mol. The molecule has 0 radical (unpaired) electrons. The third-order valence-electron chi connectivity index (χ3n) is 3.56. The van der Waals surface area contributed by atoms with Crippen LogP contribution in [0.1, 0.15) is 5.56 Å². The summed E-state index contributed by atoms with van der Waals surface area (Å²) >= 11 is 0. The Bertz CT molecular complexity index is 564. The molecule has 4 nitrogen and oxygen atoms in total. The van der Waals surface area contributed by atoms with Gasteiger partial charge in [0.15, 0.2) is 0 Å². The molecule has 102 valence electrons. The maximum atomic E-state index is 12.5. The Morgan fingerprint density at radius 3 is 1.80 bits per heavy atom. The zero-order chi connectivity index (χ0) is 14.1. The number of carbonyl (C=O) groups excluding carboxylic acids is 1. The van der Waals surface area contributed by atoms with E-state index in [1.165, 1.54) is 5.56 Å². The molecule has 0 unspecified atom stereocenters. The van der Waals surface area contributed by atoms with Crippen LogP contribution in [-0.2, 0) is 0 Å². The normalized spacial score (nSPS) is 14.9. The van der Waals surface area contributed by atoms with E-state index in [0.717, 1.165) is 11.4 Å². The summed E-state index contributed by atoms with van der Waals surface area (Å²) in [5.41, 5.74) is 9.40. The lowest BCUT2D eigenvalue weighted by molar-refractivity contribution is 0.256. The summed E-state index contributed by atoms with van der Waals surface area (Å²) in [6.07, 6.45) is 0. The highest BCUT2D eigenvalue weighted by Gasteiger charge is 2.30. The van der Waals surface area contributed by atoms with E-state index in [4.69, 9.17) is 5.73 Å². The number of amides is 2. The Balaban J connectivity index is 1.83. The third-order valence-corrected chi connectivity index (χ3v) is 3.56. The largest absolute Gasteiger partial charge is 0.399 e. The first-order valence-electron chi connectivity index (χ1n) is 6.66. The maximum absolute atomic E-state index is 12.5. The second kappa shape index (κ2) is 4.89. The van der Waals surface area contributed by atoms with E-state index in [1.807, 2.05) is 55.5 Å². The van der Waals surface area contributed by atoms with Crippen LogP contribution in [0.2, 0.25) is 0 Å². The van der Waals surface area contributed by atoms with Crippen LogP contribution >= 0.6 is 0 Å². The monoisotopic (exact) mass is 267 g/mol. The lowest BCUT2D eigenvalue weighted by Gasteiger charge is -2.19. The number of hydrogen-bond donors (Lipinski definition) is 1. The number of nitrogen functional groups attached to an aromatic ring is 1. The lowest BCUT2D eigenvalue weighted by atomic mass is 10.2. The molecule has 1 saturated heterocycles. The Labute approximate surface area is 118 Å². The van der Waals surface area contributed by atoms with Gasteiger partial charge in [-0.1, -0.05) is 17.7 Å². The van der Waals surface area contributed by atoms with Gasteiger partial charge in [-0.15, -0.1) is 0 Å². The van der Waals surface area contributed by atoms with Gasteiger partial charge in [0, 0.05) is 30.2 Å². The van der Waals surface area contributed by atoms with Crippen molar-refractivity contribution in [3.63, 3.8) is 0 Å². The number of hydrogen-bond acceptors (Lipinski definition) is 2. The quantitative estimate of drug-likeness (QED) is 0.850. The summed E-state index contributed by atoms with van der Waals surface area (Å²) in [6.45, 7) is 3.43. The number of benzene rings is 2. The molecule has 0 aliphatic carbocycles. The van der Waals surface area contributed by atoms with Crippen molar-refractivity contribution in [3.05, 3.63) is 54.1 Å². The Kier molecular flexibility index (Phi) is 3.06. The molecule has 0 atom stereocenters. The van der Waals surface area contributed by atoms with Gasteiger partial charge in [-0.2, -0.15) is 0 Å². The van der Waals surface area contributed by atoms with E-state index < -0.39 is 0 Å². The van der Waals surface area contributed by atoms with E-state index in [1.54, 1.807) is 9.80 Å². The first kappa shape index (κ1) is 12.5. The summed E-state index contributed by atoms with van der Waals surface area (Å²) in [6, 6.07) is 15.4. The number of nitrogens with zero attached hydrogens (tertiary/aromatic N) is 2. The minimum atomic E-state index is 0.0126. The predicted molar refractivity (Wildman–Crippen MR) is 82.1 cm³/mol. The van der Waals surface area contributed by atoms with Crippen molar-refractivity contribution < 1.29 is 4.79 Å². The molecule has 2 aromatic carbocycles. The van der Waals surface area contributed by atoms with Crippen LogP contribution < -0.4 is 15.5 Å². The van der Waals surface area contributed by atoms with Gasteiger partial charge in [-0.05, 0) is 43.3 Å². The number of aryl methyl sites for hydroxylation is 1. The molecule has 2 aromatic rings. The molecule has 1 aliphatic rings. The highest BCUT2D eigenvalue weighted by molar-refractivity contribution is 6.06. The molecule has 0 bridgehead atoms. The summed E-state index contributed by atoms with van der Waals surface area (Å²) in [5.74, 6) is 0. The molecule has 1 aliphatic heterocycles. The van der Waals surface area contributed by atoms with Crippen LogP contribution in [0, 0.1) is 6.92 Å². The summed E-state index contributed by atoms with van der Waals surface area (Å²) in [7, 11) is 0. The molecule has 4 heteroatoms. The standard InChI is InChI=1S/C16H17N3O/c1-12-2-6-14(7-3-12)18-10-11-19(16(18)20)15-8-4-13(17)5-9-15/h2-9H,10-11,17H2,1H3. The van der Waals surface area contributed by atoms with Crippen LogP contribution in [0.5, 0.6) is 0 Å². The lowest BCUT2D eigenvalue weighted by Crippen LogP contribution is -2.31. The Hall–Kier alpha value is -2.49. The minimum absolute atomic E-state index is 0.0126. The smallest absolute Gasteiger partial charge is 0.329 e. The number of nitrogens with two attached hydrogens (primary N) is 1. The van der Waals surface area contributed by atoms with Crippen molar-refractivity contribution >= 4 is 23.1 Å². The fourth-order valence-electron chi connectivity index (χ4n) is 2.40. The number of carbonyl (C=O) groups is 1. The maximum Gasteiger partial charge on any atom is 0.329 e. The molecule has 2 amide bonds. The highest BCUT2D eigenvalue weighted by Crippen LogP contribution is 2.25. The summed E-state index contributed by atoms with van der Waals surface area (Å²) in [4.78, 5) is 16.1. The number of rotatable bonds is 2. The van der Waals surface area contributed by atoms with Gasteiger partial charge in [0.1, 0.15) is 0 Å². The van der Waals surface area contributed by atoms with Gasteiger partial charge in [0.25, 0.3) is 0 Å². The third kappa shape index (κ3) is 2.20. The van der Waals surface area contributed by atoms with E-state index in [2.05, 4.69) is 0 Å². The second-order valence-corrected chi connectivity index (χ2v) is 5.01. The molecule has 3 rings (SSSR count). The molecule has 1 fully saturated rings. The van der Waals surface area contributed by atoms with Crippen LogP contribution in [0.15, 0.2) is 48.5 Å². The van der Waals surface area contributed by atoms with Gasteiger partial charge >= 0.3 is 6.03 Å². The minimum Gasteiger partial charge on any atom is -0.399 e. The van der Waals surface area contributed by atoms with Crippen molar-refractivity contribution in [2.75, 3.05) is 28.6 Å². The van der Waals surface area contributed by atoms with Crippen LogP contribution in [0.25, 0.3) is 0 Å². The Morgan fingerprint density at radius 1 is 0.850 bits per heavy atom. The van der Waals surface area contributed by atoms with Crippen molar-refractivity contribution in [3.8, 4) is 0 Å². The molecule has 1 heterocycles. The van der Waals surface area contributed by atoms with Crippen molar-refractivity contribution in [1.29, 1.82) is 0 Å². The average Bonchev–Trinajstić information content (AvgIpc) is 2.83. The molecule has 0 spiro atoms. The zero-order valence-electron chi connectivity index (χ0n) is 11.4. The van der Waals surface area contributed by atoms with E-state index in [0.29, 0.717) is 18.8 Å². The fraction of sp³-hybridized carbons (Fsp3) is 0.188. The molecule has 2 N–H and O–H groups in total.